The molecule has 0 amide bonds. The molecule has 1 heterocycles. The molecule has 104 valence electrons. The van der Waals surface area contributed by atoms with Crippen LogP contribution in [0.5, 0.6) is 11.5 Å². The van der Waals surface area contributed by atoms with Crippen LogP contribution in [0.3, 0.4) is 0 Å². The second kappa shape index (κ2) is 5.63. The van der Waals surface area contributed by atoms with Crippen LogP contribution in [-0.4, -0.2) is 22.2 Å². The number of hydrogen-bond acceptors (Lipinski definition) is 4. The fourth-order valence-corrected chi connectivity index (χ4v) is 2.04. The highest BCUT2D eigenvalue weighted by Crippen LogP contribution is 2.24. The van der Waals surface area contributed by atoms with E-state index in [-0.39, 0.29) is 5.75 Å². The van der Waals surface area contributed by atoms with Gasteiger partial charge in [-0.15, -0.1) is 0 Å². The molecule has 3 aromatic rings. The van der Waals surface area contributed by atoms with E-state index >= 15 is 0 Å². The lowest BCUT2D eigenvalue weighted by Gasteiger charge is -2.05. The Morgan fingerprint density at radius 2 is 1.33 bits per heavy atom. The second-order valence-electron chi connectivity index (χ2n) is 4.56. The van der Waals surface area contributed by atoms with Crippen molar-refractivity contribution in [2.24, 2.45) is 0 Å². The third-order valence-corrected chi connectivity index (χ3v) is 3.18. The number of aromatic hydroxyl groups is 1. The number of phenolic OH excluding ortho intramolecular Hbond substituents is 1. The number of phenols is 1. The van der Waals surface area contributed by atoms with E-state index in [0.717, 1.165) is 28.3 Å². The zero-order valence-electron chi connectivity index (χ0n) is 11.5. The topological polar surface area (TPSA) is 55.2 Å². The van der Waals surface area contributed by atoms with Crippen LogP contribution in [0, 0.1) is 0 Å². The Kier molecular flexibility index (Phi) is 3.51. The molecule has 0 unspecified atom stereocenters. The molecular formula is C17H14N2O2. The highest BCUT2D eigenvalue weighted by atomic mass is 16.5. The molecule has 3 rings (SSSR count). The van der Waals surface area contributed by atoms with Crippen LogP contribution in [-0.2, 0) is 0 Å². The highest BCUT2D eigenvalue weighted by Gasteiger charge is 2.04. The summed E-state index contributed by atoms with van der Waals surface area (Å²) < 4.78 is 5.15. The van der Waals surface area contributed by atoms with E-state index in [0.29, 0.717) is 0 Å². The van der Waals surface area contributed by atoms with Crippen LogP contribution < -0.4 is 4.74 Å². The largest absolute Gasteiger partial charge is 0.508 e. The SMILES string of the molecule is COc1ccc(-c2cncc(-c3ccc(O)cc3)n2)cc1. The molecule has 0 saturated heterocycles. The van der Waals surface area contributed by atoms with E-state index < -0.39 is 0 Å². The van der Waals surface area contributed by atoms with Crippen LogP contribution in [0.1, 0.15) is 0 Å². The molecule has 1 N–H and O–H groups in total. The minimum Gasteiger partial charge on any atom is -0.508 e. The third-order valence-electron chi connectivity index (χ3n) is 3.18. The summed E-state index contributed by atoms with van der Waals surface area (Å²) >= 11 is 0. The van der Waals surface area contributed by atoms with E-state index in [2.05, 4.69) is 9.97 Å². The maximum Gasteiger partial charge on any atom is 0.118 e. The van der Waals surface area contributed by atoms with Gasteiger partial charge in [0.05, 0.1) is 30.9 Å². The molecule has 0 spiro atoms. The maximum absolute atomic E-state index is 9.34. The van der Waals surface area contributed by atoms with Gasteiger partial charge in [0.2, 0.25) is 0 Å². The van der Waals surface area contributed by atoms with Gasteiger partial charge in [-0.2, -0.15) is 0 Å². The molecule has 0 saturated carbocycles. The van der Waals surface area contributed by atoms with Crippen LogP contribution >= 0.6 is 0 Å². The molecular weight excluding hydrogens is 264 g/mol. The van der Waals surface area contributed by atoms with Crippen molar-refractivity contribution in [2.45, 2.75) is 0 Å². The van der Waals surface area contributed by atoms with Gasteiger partial charge in [-0.05, 0) is 48.5 Å². The lowest BCUT2D eigenvalue weighted by molar-refractivity contribution is 0.415. The zero-order chi connectivity index (χ0) is 14.7. The fraction of sp³-hybridized carbons (Fsp3) is 0.0588. The Bertz CT molecular complexity index is 737. The predicted molar refractivity (Wildman–Crippen MR) is 81.1 cm³/mol. The summed E-state index contributed by atoms with van der Waals surface area (Å²) in [5.74, 6) is 1.04. The predicted octanol–water partition coefficient (Wildman–Crippen LogP) is 3.52. The molecule has 0 radical (unpaired) electrons. The molecule has 4 heteroatoms. The standard InChI is InChI=1S/C17H14N2O2/c1-21-15-8-4-13(5-9-15)17-11-18-10-16(19-17)12-2-6-14(20)7-3-12/h2-11,20H,1H3. The van der Waals surface area contributed by atoms with Crippen LogP contribution in [0.4, 0.5) is 0 Å². The number of benzene rings is 2. The number of rotatable bonds is 3. The van der Waals surface area contributed by atoms with Crippen molar-refractivity contribution < 1.29 is 9.84 Å². The molecule has 0 aliphatic heterocycles. The van der Waals surface area contributed by atoms with E-state index in [1.165, 1.54) is 0 Å². The Morgan fingerprint density at radius 3 is 1.86 bits per heavy atom. The zero-order valence-corrected chi connectivity index (χ0v) is 11.5. The monoisotopic (exact) mass is 278 g/mol. The van der Waals surface area contributed by atoms with Crippen molar-refractivity contribution in [1.82, 2.24) is 9.97 Å². The first-order chi connectivity index (χ1) is 10.3. The minimum absolute atomic E-state index is 0.234. The summed E-state index contributed by atoms with van der Waals surface area (Å²) in [6, 6.07) is 14.6. The molecule has 0 bridgehead atoms. The number of aromatic nitrogens is 2. The summed E-state index contributed by atoms with van der Waals surface area (Å²) in [6.07, 6.45) is 3.44. The number of methoxy groups -OCH3 is 1. The van der Waals surface area contributed by atoms with E-state index in [4.69, 9.17) is 4.74 Å². The molecule has 4 nitrogen and oxygen atoms in total. The third kappa shape index (κ3) is 2.84. The Labute approximate surface area is 122 Å². The van der Waals surface area contributed by atoms with Gasteiger partial charge in [0.1, 0.15) is 11.5 Å². The molecule has 1 aromatic heterocycles. The first-order valence-electron chi connectivity index (χ1n) is 6.52. The first-order valence-corrected chi connectivity index (χ1v) is 6.52. The summed E-state index contributed by atoms with van der Waals surface area (Å²) in [5.41, 5.74) is 3.45. The highest BCUT2D eigenvalue weighted by molar-refractivity contribution is 5.65. The van der Waals surface area contributed by atoms with Crippen molar-refractivity contribution >= 4 is 0 Å². The molecule has 0 aliphatic carbocycles. The number of ether oxygens (including phenoxy) is 1. The summed E-state index contributed by atoms with van der Waals surface area (Å²) in [5, 5.41) is 9.34. The van der Waals surface area contributed by atoms with Crippen molar-refractivity contribution in [1.29, 1.82) is 0 Å². The Balaban J connectivity index is 1.97. The maximum atomic E-state index is 9.34. The summed E-state index contributed by atoms with van der Waals surface area (Å²) in [7, 11) is 1.64. The molecule has 2 aromatic carbocycles. The molecule has 21 heavy (non-hydrogen) atoms. The van der Waals surface area contributed by atoms with E-state index in [1.54, 1.807) is 31.6 Å². The fourth-order valence-electron chi connectivity index (χ4n) is 2.04. The van der Waals surface area contributed by atoms with Gasteiger partial charge >= 0.3 is 0 Å². The lowest BCUT2D eigenvalue weighted by Crippen LogP contribution is -1.90. The van der Waals surface area contributed by atoms with Crippen molar-refractivity contribution in [3.05, 3.63) is 60.9 Å². The van der Waals surface area contributed by atoms with Crippen molar-refractivity contribution in [2.75, 3.05) is 7.11 Å². The van der Waals surface area contributed by atoms with Gasteiger partial charge in [-0.3, -0.25) is 4.98 Å². The molecule has 0 fully saturated rings. The minimum atomic E-state index is 0.234. The van der Waals surface area contributed by atoms with E-state index in [1.807, 2.05) is 36.4 Å². The van der Waals surface area contributed by atoms with Gasteiger partial charge < -0.3 is 9.84 Å². The summed E-state index contributed by atoms with van der Waals surface area (Å²) in [6.45, 7) is 0. The van der Waals surface area contributed by atoms with Crippen LogP contribution in [0.25, 0.3) is 22.5 Å². The van der Waals surface area contributed by atoms with Crippen LogP contribution in [0.2, 0.25) is 0 Å². The average molecular weight is 278 g/mol. The first kappa shape index (κ1) is 13.1. The molecule has 0 atom stereocenters. The van der Waals surface area contributed by atoms with Crippen molar-refractivity contribution in [3.63, 3.8) is 0 Å². The van der Waals surface area contributed by atoms with Crippen molar-refractivity contribution in [3.8, 4) is 34.0 Å². The Morgan fingerprint density at radius 1 is 0.810 bits per heavy atom. The van der Waals surface area contributed by atoms with E-state index in [9.17, 15) is 5.11 Å². The molecule has 0 aliphatic rings. The van der Waals surface area contributed by atoms with Gasteiger partial charge in [0.15, 0.2) is 0 Å². The quantitative estimate of drug-likeness (QED) is 0.796. The lowest BCUT2D eigenvalue weighted by atomic mass is 10.1. The van der Waals surface area contributed by atoms with Gasteiger partial charge in [0, 0.05) is 11.1 Å². The van der Waals surface area contributed by atoms with Gasteiger partial charge in [-0.1, -0.05) is 0 Å². The second-order valence-corrected chi connectivity index (χ2v) is 4.56. The van der Waals surface area contributed by atoms with Crippen LogP contribution in [0.15, 0.2) is 60.9 Å². The van der Waals surface area contributed by atoms with Gasteiger partial charge in [-0.25, -0.2) is 4.98 Å². The number of nitrogens with zero attached hydrogens (tertiary/aromatic N) is 2. The number of hydrogen-bond donors (Lipinski definition) is 1. The smallest absolute Gasteiger partial charge is 0.118 e. The summed E-state index contributed by atoms with van der Waals surface area (Å²) in [4.78, 5) is 8.86. The Hall–Kier alpha value is -2.88. The van der Waals surface area contributed by atoms with Gasteiger partial charge in [0.25, 0.3) is 0 Å². The normalized spacial score (nSPS) is 10.3. The average Bonchev–Trinajstić information content (AvgIpc) is 2.56.